The van der Waals surface area contributed by atoms with Crippen LogP contribution in [0.3, 0.4) is 0 Å². The molecule has 4 N–H and O–H groups in total. The number of urea groups is 1. The molecule has 1 unspecified atom stereocenters. The maximum absolute atomic E-state index is 12.6. The van der Waals surface area contributed by atoms with Crippen molar-refractivity contribution in [2.24, 2.45) is 0 Å². The molecular formula is C18H17N3O3. The zero-order chi connectivity index (χ0) is 17.3. The number of rotatable bonds is 4. The van der Waals surface area contributed by atoms with E-state index in [-0.39, 0.29) is 12.2 Å². The Balaban J connectivity index is 1.86. The van der Waals surface area contributed by atoms with Gasteiger partial charge in [0.2, 0.25) is 0 Å². The van der Waals surface area contributed by atoms with Crippen molar-refractivity contribution in [2.45, 2.75) is 19.4 Å². The molecule has 1 heterocycles. The maximum Gasteiger partial charge on any atom is 0.322 e. The van der Waals surface area contributed by atoms with Gasteiger partial charge in [0.25, 0.3) is 5.91 Å². The highest BCUT2D eigenvalue weighted by Crippen LogP contribution is 2.20. The summed E-state index contributed by atoms with van der Waals surface area (Å²) < 4.78 is 0. The lowest BCUT2D eigenvalue weighted by Gasteiger charge is -2.11. The molecule has 24 heavy (non-hydrogen) atoms. The summed E-state index contributed by atoms with van der Waals surface area (Å²) in [5, 5.41) is 4.70. The van der Waals surface area contributed by atoms with Crippen LogP contribution in [0.15, 0.2) is 42.5 Å². The number of nitrogens with one attached hydrogen (secondary N) is 2. The molecule has 3 amide bonds. The topological polar surface area (TPSA) is 101 Å². The van der Waals surface area contributed by atoms with E-state index in [9.17, 15) is 14.4 Å². The minimum Gasteiger partial charge on any atom is -0.399 e. The molecule has 0 aromatic heterocycles. The van der Waals surface area contributed by atoms with Crippen LogP contribution in [0.2, 0.25) is 0 Å². The first-order valence-corrected chi connectivity index (χ1v) is 7.55. The van der Waals surface area contributed by atoms with Gasteiger partial charge in [-0.15, -0.1) is 0 Å². The number of nitrogen functional groups attached to an aromatic ring is 1. The number of nitrogens with two attached hydrogens (primary N) is 1. The molecule has 122 valence electrons. The fourth-order valence-electron chi connectivity index (χ4n) is 2.62. The number of carbonyl (C=O) groups is 3. The summed E-state index contributed by atoms with van der Waals surface area (Å²) in [5.41, 5.74) is 9.23. The van der Waals surface area contributed by atoms with Crippen LogP contribution in [0.1, 0.15) is 27.0 Å². The van der Waals surface area contributed by atoms with Crippen molar-refractivity contribution in [3.8, 4) is 0 Å². The highest BCUT2D eigenvalue weighted by molar-refractivity contribution is 6.09. The monoisotopic (exact) mass is 323 g/mol. The highest BCUT2D eigenvalue weighted by Gasteiger charge is 2.30. The van der Waals surface area contributed by atoms with Gasteiger partial charge in [-0.2, -0.15) is 0 Å². The number of anilines is 1. The molecule has 1 saturated heterocycles. The van der Waals surface area contributed by atoms with Crippen molar-refractivity contribution in [1.82, 2.24) is 10.6 Å². The zero-order valence-corrected chi connectivity index (χ0v) is 13.1. The number of aryl methyl sites for hydroxylation is 1. The number of hydrogen-bond donors (Lipinski definition) is 3. The smallest absolute Gasteiger partial charge is 0.322 e. The van der Waals surface area contributed by atoms with Crippen molar-refractivity contribution >= 4 is 23.4 Å². The Hall–Kier alpha value is -3.15. The van der Waals surface area contributed by atoms with Gasteiger partial charge in [0.1, 0.15) is 6.04 Å². The normalized spacial score (nSPS) is 16.6. The van der Waals surface area contributed by atoms with Crippen LogP contribution in [-0.4, -0.2) is 23.8 Å². The largest absolute Gasteiger partial charge is 0.399 e. The fraction of sp³-hybridized carbons (Fsp3) is 0.167. The van der Waals surface area contributed by atoms with Crippen LogP contribution < -0.4 is 16.4 Å². The minimum atomic E-state index is -0.676. The van der Waals surface area contributed by atoms with Crippen molar-refractivity contribution in [3.63, 3.8) is 0 Å². The van der Waals surface area contributed by atoms with Crippen molar-refractivity contribution in [1.29, 1.82) is 0 Å². The summed E-state index contributed by atoms with van der Waals surface area (Å²) in [4.78, 5) is 35.5. The summed E-state index contributed by atoms with van der Waals surface area (Å²) in [6, 6.07) is 11.1. The average molecular weight is 323 g/mol. The van der Waals surface area contributed by atoms with Gasteiger partial charge in [0.05, 0.1) is 0 Å². The molecule has 0 spiro atoms. The molecule has 0 radical (unpaired) electrons. The van der Waals surface area contributed by atoms with E-state index in [1.54, 1.807) is 30.3 Å². The van der Waals surface area contributed by atoms with E-state index >= 15 is 0 Å². The second kappa shape index (κ2) is 6.16. The molecule has 1 aliphatic rings. The van der Waals surface area contributed by atoms with Gasteiger partial charge in [0, 0.05) is 23.2 Å². The van der Waals surface area contributed by atoms with E-state index in [0.717, 1.165) is 5.56 Å². The Labute approximate surface area is 139 Å². The third-order valence-corrected chi connectivity index (χ3v) is 4.00. The van der Waals surface area contributed by atoms with Crippen LogP contribution in [0.25, 0.3) is 0 Å². The minimum absolute atomic E-state index is 0.115. The average Bonchev–Trinajstić information content (AvgIpc) is 2.87. The van der Waals surface area contributed by atoms with Crippen LogP contribution >= 0.6 is 0 Å². The molecular weight excluding hydrogens is 306 g/mol. The Morgan fingerprint density at radius 1 is 1.08 bits per heavy atom. The number of imide groups is 1. The molecule has 0 aliphatic carbocycles. The van der Waals surface area contributed by atoms with Gasteiger partial charge in [-0.25, -0.2) is 4.79 Å². The predicted octanol–water partition coefficient (Wildman–Crippen LogP) is 1.56. The molecule has 6 nitrogen and oxygen atoms in total. The highest BCUT2D eigenvalue weighted by atomic mass is 16.2. The zero-order valence-electron chi connectivity index (χ0n) is 13.1. The lowest BCUT2D eigenvalue weighted by Crippen LogP contribution is -2.31. The quantitative estimate of drug-likeness (QED) is 0.451. The molecule has 0 bridgehead atoms. The molecule has 2 aromatic rings. The summed E-state index contributed by atoms with van der Waals surface area (Å²) in [7, 11) is 0. The molecule has 1 atom stereocenters. The summed E-state index contributed by atoms with van der Waals surface area (Å²) >= 11 is 0. The van der Waals surface area contributed by atoms with Gasteiger partial charge in [-0.05, 0) is 30.7 Å². The first-order chi connectivity index (χ1) is 11.4. The maximum atomic E-state index is 12.6. The lowest BCUT2D eigenvalue weighted by atomic mass is 9.97. The van der Waals surface area contributed by atoms with Crippen molar-refractivity contribution in [2.75, 3.05) is 5.73 Å². The standard InChI is InChI=1S/C18H17N3O3/c1-10-2-4-11(5-3-10)16(22)12-6-7-14(19)13(8-12)9-15-17(23)21-18(24)20-15/h2-8,15H,9,19H2,1H3,(H2,20,21,23,24). The number of amides is 3. The van der Waals surface area contributed by atoms with E-state index in [1.165, 1.54) is 0 Å². The van der Waals surface area contributed by atoms with E-state index in [4.69, 9.17) is 5.73 Å². The van der Waals surface area contributed by atoms with Gasteiger partial charge in [0.15, 0.2) is 5.78 Å². The number of carbonyl (C=O) groups excluding carboxylic acids is 3. The molecule has 2 aromatic carbocycles. The Kier molecular flexibility index (Phi) is 4.04. The number of benzene rings is 2. The Morgan fingerprint density at radius 2 is 1.75 bits per heavy atom. The van der Waals surface area contributed by atoms with Crippen molar-refractivity contribution < 1.29 is 14.4 Å². The summed E-state index contributed by atoms with van der Waals surface area (Å²) in [5.74, 6) is -0.508. The predicted molar refractivity (Wildman–Crippen MR) is 89.6 cm³/mol. The third-order valence-electron chi connectivity index (χ3n) is 4.00. The molecule has 1 aliphatic heterocycles. The summed E-state index contributed by atoms with van der Waals surface area (Å²) in [6.45, 7) is 1.95. The lowest BCUT2D eigenvalue weighted by molar-refractivity contribution is -0.120. The van der Waals surface area contributed by atoms with Crippen LogP contribution in [0.5, 0.6) is 0 Å². The van der Waals surface area contributed by atoms with Gasteiger partial charge >= 0.3 is 6.03 Å². The second-order valence-electron chi connectivity index (χ2n) is 5.83. The van der Waals surface area contributed by atoms with E-state index in [1.807, 2.05) is 19.1 Å². The fourth-order valence-corrected chi connectivity index (χ4v) is 2.62. The molecule has 1 fully saturated rings. The molecule has 3 rings (SSSR count). The van der Waals surface area contributed by atoms with Crippen molar-refractivity contribution in [3.05, 3.63) is 64.7 Å². The molecule has 0 saturated carbocycles. The Morgan fingerprint density at radius 3 is 2.38 bits per heavy atom. The number of ketones is 1. The Bertz CT molecular complexity index is 828. The van der Waals surface area contributed by atoms with E-state index < -0.39 is 18.0 Å². The van der Waals surface area contributed by atoms with E-state index in [2.05, 4.69) is 10.6 Å². The van der Waals surface area contributed by atoms with Gasteiger partial charge < -0.3 is 11.1 Å². The first-order valence-electron chi connectivity index (χ1n) is 7.55. The summed E-state index contributed by atoms with van der Waals surface area (Å²) in [6.07, 6.45) is 0.235. The van der Waals surface area contributed by atoms with Crippen LogP contribution in [0.4, 0.5) is 10.5 Å². The SMILES string of the molecule is Cc1ccc(C(=O)c2ccc(N)c(CC3NC(=O)NC3=O)c2)cc1. The van der Waals surface area contributed by atoms with Crippen LogP contribution in [0, 0.1) is 6.92 Å². The third kappa shape index (κ3) is 3.12. The van der Waals surface area contributed by atoms with Crippen LogP contribution in [-0.2, 0) is 11.2 Å². The first kappa shape index (κ1) is 15.7. The van der Waals surface area contributed by atoms with E-state index in [0.29, 0.717) is 22.4 Å². The van der Waals surface area contributed by atoms with Gasteiger partial charge in [-0.1, -0.05) is 29.8 Å². The van der Waals surface area contributed by atoms with Gasteiger partial charge in [-0.3, -0.25) is 14.9 Å². The number of hydrogen-bond acceptors (Lipinski definition) is 4. The second-order valence-corrected chi connectivity index (χ2v) is 5.83. The molecule has 6 heteroatoms.